The van der Waals surface area contributed by atoms with E-state index in [1.165, 1.54) is 5.56 Å². The summed E-state index contributed by atoms with van der Waals surface area (Å²) in [6.07, 6.45) is 3.24. The van der Waals surface area contributed by atoms with Crippen LogP contribution >= 0.6 is 0 Å². The summed E-state index contributed by atoms with van der Waals surface area (Å²) in [5, 5.41) is 0. The minimum absolute atomic E-state index is 0.289. The average molecular weight is 393 g/mol. The van der Waals surface area contributed by atoms with Crippen molar-refractivity contribution in [2.45, 2.75) is 52.1 Å². The number of hydrogen-bond donors (Lipinski definition) is 1. The van der Waals surface area contributed by atoms with E-state index in [-0.39, 0.29) is 5.92 Å². The lowest BCUT2D eigenvalue weighted by atomic mass is 9.87. The van der Waals surface area contributed by atoms with Crippen molar-refractivity contribution in [1.29, 1.82) is 0 Å². The Labute approximate surface area is 171 Å². The van der Waals surface area contributed by atoms with Crippen LogP contribution in [-0.2, 0) is 4.79 Å². The van der Waals surface area contributed by atoms with Crippen LogP contribution in [0.25, 0.3) is 0 Å². The van der Waals surface area contributed by atoms with Gasteiger partial charge in [-0.3, -0.25) is 4.79 Å². The fourth-order valence-corrected chi connectivity index (χ4v) is 4.84. The molecule has 6 heteroatoms. The second kappa shape index (κ2) is 6.65. The normalized spacial score (nSPS) is 23.0. The highest BCUT2D eigenvalue weighted by Gasteiger charge is 2.48. The lowest BCUT2D eigenvalue weighted by molar-refractivity contribution is -0.135. The number of piperidine rings is 1. The van der Waals surface area contributed by atoms with Gasteiger partial charge in [0, 0.05) is 19.0 Å². The van der Waals surface area contributed by atoms with Gasteiger partial charge in [-0.2, -0.15) is 4.98 Å². The zero-order valence-electron chi connectivity index (χ0n) is 17.3. The third-order valence-electron chi connectivity index (χ3n) is 6.37. The molecule has 2 aromatic rings. The van der Waals surface area contributed by atoms with Gasteiger partial charge in [0.25, 0.3) is 0 Å². The van der Waals surface area contributed by atoms with Crippen LogP contribution in [0.1, 0.15) is 36.0 Å². The molecule has 1 aromatic heterocycles. The summed E-state index contributed by atoms with van der Waals surface area (Å²) in [6, 6.07) is 8.72. The number of aromatic nitrogens is 1. The number of rotatable bonds is 4. The monoisotopic (exact) mass is 392 g/mol. The van der Waals surface area contributed by atoms with Crippen molar-refractivity contribution in [2.75, 3.05) is 23.7 Å². The van der Waals surface area contributed by atoms with E-state index in [1.807, 2.05) is 26.0 Å². The van der Waals surface area contributed by atoms with E-state index in [9.17, 15) is 4.79 Å². The van der Waals surface area contributed by atoms with Crippen molar-refractivity contribution in [3.05, 3.63) is 41.0 Å². The van der Waals surface area contributed by atoms with Gasteiger partial charge >= 0.3 is 0 Å². The Kier molecular flexibility index (Phi) is 4.19. The van der Waals surface area contributed by atoms with E-state index in [0.29, 0.717) is 29.6 Å². The first-order valence-electron chi connectivity index (χ1n) is 10.5. The van der Waals surface area contributed by atoms with Crippen LogP contribution in [0.2, 0.25) is 0 Å². The minimum atomic E-state index is 0.289. The summed E-state index contributed by atoms with van der Waals surface area (Å²) >= 11 is 0. The lowest BCUT2D eigenvalue weighted by Crippen LogP contribution is -2.70. The van der Waals surface area contributed by atoms with E-state index in [4.69, 9.17) is 15.5 Å². The number of carbonyl (C=O) groups excluding carboxylic acids is 1. The second-order valence-electron chi connectivity index (χ2n) is 8.86. The Morgan fingerprint density at radius 2 is 1.76 bits per heavy atom. The van der Waals surface area contributed by atoms with Crippen LogP contribution < -0.4 is 15.4 Å². The predicted octanol–water partition coefficient (Wildman–Crippen LogP) is 3.58. The molecular weight excluding hydrogens is 364 g/mol. The first-order valence-corrected chi connectivity index (χ1v) is 10.5. The average Bonchev–Trinajstić information content (AvgIpc) is 3.51. The Hall–Kier alpha value is -2.76. The fourth-order valence-electron chi connectivity index (χ4n) is 4.84. The summed E-state index contributed by atoms with van der Waals surface area (Å²) in [5.41, 5.74) is 10.1. The number of anilines is 2. The number of piperazine rings is 1. The van der Waals surface area contributed by atoms with Crippen LogP contribution in [-0.4, -0.2) is 41.0 Å². The van der Waals surface area contributed by atoms with E-state index in [0.717, 1.165) is 55.0 Å². The summed E-state index contributed by atoms with van der Waals surface area (Å²) in [5.74, 6) is 2.79. The maximum absolute atomic E-state index is 12.4. The minimum Gasteiger partial charge on any atom is -0.436 e. The van der Waals surface area contributed by atoms with Gasteiger partial charge < -0.3 is 20.3 Å². The molecule has 3 aliphatic heterocycles. The van der Waals surface area contributed by atoms with Gasteiger partial charge in [-0.05, 0) is 63.3 Å². The number of nitrogens with zero attached hydrogens (tertiary/aromatic N) is 3. The highest BCUT2D eigenvalue weighted by atomic mass is 16.5. The van der Waals surface area contributed by atoms with Gasteiger partial charge in [-0.1, -0.05) is 17.7 Å². The number of nitrogen functional groups attached to an aromatic ring is 1. The molecular formula is C23H28N4O2. The van der Waals surface area contributed by atoms with Gasteiger partial charge in [-0.15, -0.1) is 0 Å². The first kappa shape index (κ1) is 18.3. The van der Waals surface area contributed by atoms with Crippen molar-refractivity contribution < 1.29 is 9.53 Å². The van der Waals surface area contributed by atoms with Crippen LogP contribution in [0.15, 0.2) is 24.3 Å². The summed E-state index contributed by atoms with van der Waals surface area (Å²) < 4.78 is 6.18. The fraction of sp³-hybridized carbons (Fsp3) is 0.478. The SMILES string of the molecule is Cc1cc(C)c(Oc2nc(N3C4CC3CN(C(=O)C3CC3)C4)ccc2N)c(C)c1. The molecule has 29 heavy (non-hydrogen) atoms. The number of pyridine rings is 1. The molecule has 1 saturated carbocycles. The highest BCUT2D eigenvalue weighted by molar-refractivity contribution is 5.81. The topological polar surface area (TPSA) is 71.7 Å². The van der Waals surface area contributed by atoms with Crippen molar-refractivity contribution in [1.82, 2.24) is 9.88 Å². The maximum atomic E-state index is 12.4. The molecule has 1 aliphatic carbocycles. The quantitative estimate of drug-likeness (QED) is 0.861. The standard InChI is InChI=1S/C23H28N4O2/c1-13-8-14(2)21(15(3)9-13)29-22-19(24)6-7-20(25-22)27-17-10-18(27)12-26(11-17)23(28)16-4-5-16/h6-9,16-18H,4-5,10-12,24H2,1-3H3. The van der Waals surface area contributed by atoms with Gasteiger partial charge in [0.1, 0.15) is 11.6 Å². The molecule has 2 unspecified atom stereocenters. The van der Waals surface area contributed by atoms with Crippen molar-refractivity contribution in [3.8, 4) is 11.6 Å². The Morgan fingerprint density at radius 1 is 1.10 bits per heavy atom. The summed E-state index contributed by atoms with van der Waals surface area (Å²) in [7, 11) is 0. The number of aryl methyl sites for hydroxylation is 3. The Bertz CT molecular complexity index is 950. The molecule has 3 saturated heterocycles. The van der Waals surface area contributed by atoms with Crippen LogP contribution in [0, 0.1) is 26.7 Å². The first-order chi connectivity index (χ1) is 13.9. The second-order valence-corrected chi connectivity index (χ2v) is 8.86. The maximum Gasteiger partial charge on any atom is 0.244 e. The number of amides is 1. The van der Waals surface area contributed by atoms with Crippen LogP contribution in [0.4, 0.5) is 11.5 Å². The van der Waals surface area contributed by atoms with E-state index >= 15 is 0 Å². The number of hydrogen-bond acceptors (Lipinski definition) is 5. The summed E-state index contributed by atoms with van der Waals surface area (Å²) in [4.78, 5) is 21.6. The molecule has 0 spiro atoms. The van der Waals surface area contributed by atoms with Gasteiger partial charge in [0.15, 0.2) is 0 Å². The molecule has 1 aromatic carbocycles. The van der Waals surface area contributed by atoms with Crippen molar-refractivity contribution in [3.63, 3.8) is 0 Å². The van der Waals surface area contributed by atoms with Gasteiger partial charge in [-0.25, -0.2) is 0 Å². The molecule has 0 radical (unpaired) electrons. The molecule has 4 aliphatic rings. The number of fused-ring (bicyclic) bond motifs is 2. The molecule has 6 rings (SSSR count). The molecule has 4 fully saturated rings. The molecule has 2 N–H and O–H groups in total. The number of nitrogens with two attached hydrogens (primary N) is 1. The number of ether oxygens (including phenoxy) is 1. The van der Waals surface area contributed by atoms with E-state index in [1.54, 1.807) is 0 Å². The molecule has 1 amide bonds. The molecule has 6 nitrogen and oxygen atoms in total. The molecule has 2 atom stereocenters. The van der Waals surface area contributed by atoms with Gasteiger partial charge in [0.2, 0.25) is 11.8 Å². The van der Waals surface area contributed by atoms with Gasteiger partial charge in [0.05, 0.1) is 17.8 Å². The van der Waals surface area contributed by atoms with Crippen LogP contribution in [0.3, 0.4) is 0 Å². The van der Waals surface area contributed by atoms with E-state index in [2.05, 4.69) is 28.9 Å². The lowest BCUT2D eigenvalue weighted by Gasteiger charge is -2.57. The van der Waals surface area contributed by atoms with Crippen LogP contribution in [0.5, 0.6) is 11.6 Å². The van der Waals surface area contributed by atoms with Crippen molar-refractivity contribution >= 4 is 17.4 Å². The third-order valence-corrected chi connectivity index (χ3v) is 6.37. The zero-order valence-corrected chi connectivity index (χ0v) is 17.3. The third kappa shape index (κ3) is 3.20. The zero-order chi connectivity index (χ0) is 20.3. The Balaban J connectivity index is 1.36. The predicted molar refractivity (Wildman–Crippen MR) is 113 cm³/mol. The molecule has 2 bridgehead atoms. The molecule has 4 heterocycles. The Morgan fingerprint density at radius 3 is 2.38 bits per heavy atom. The number of carbonyl (C=O) groups is 1. The highest BCUT2D eigenvalue weighted by Crippen LogP contribution is 2.41. The summed E-state index contributed by atoms with van der Waals surface area (Å²) in [6.45, 7) is 7.76. The largest absolute Gasteiger partial charge is 0.436 e. The number of benzene rings is 1. The molecule has 152 valence electrons. The van der Waals surface area contributed by atoms with E-state index < -0.39 is 0 Å². The van der Waals surface area contributed by atoms with Crippen molar-refractivity contribution in [2.24, 2.45) is 5.92 Å². The smallest absolute Gasteiger partial charge is 0.244 e.